The number of carbonyl (C=O) groups is 2. The smallest absolute Gasteiger partial charge is 0.275 e. The Morgan fingerprint density at radius 1 is 1.23 bits per heavy atom. The second kappa shape index (κ2) is 7.44. The van der Waals surface area contributed by atoms with Gasteiger partial charge in [0, 0.05) is 13.6 Å². The van der Waals surface area contributed by atoms with Gasteiger partial charge in [0.25, 0.3) is 11.8 Å². The summed E-state index contributed by atoms with van der Waals surface area (Å²) >= 11 is 6.04. The van der Waals surface area contributed by atoms with Crippen LogP contribution in [0.1, 0.15) is 33.7 Å². The Hall–Kier alpha value is -3.07. The first-order valence-electron chi connectivity index (χ1n) is 7.86. The Bertz CT molecular complexity index is 928. The molecule has 2 amide bonds. The van der Waals surface area contributed by atoms with Crippen LogP contribution in [-0.4, -0.2) is 31.4 Å². The van der Waals surface area contributed by atoms with Gasteiger partial charge in [0.05, 0.1) is 35.9 Å². The Kier molecular flexibility index (Phi) is 5.08. The van der Waals surface area contributed by atoms with E-state index in [2.05, 4.69) is 20.8 Å². The first kappa shape index (κ1) is 17.7. The maximum Gasteiger partial charge on any atom is 0.275 e. The molecule has 3 aromatic heterocycles. The quantitative estimate of drug-likeness (QED) is 0.684. The zero-order valence-electron chi connectivity index (χ0n) is 14.2. The average molecular weight is 377 g/mol. The van der Waals surface area contributed by atoms with Crippen molar-refractivity contribution in [2.24, 2.45) is 7.05 Å². The normalized spacial score (nSPS) is 10.7. The number of nitrogens with one attached hydrogen (secondary N) is 2. The van der Waals surface area contributed by atoms with Crippen molar-refractivity contribution in [3.63, 3.8) is 0 Å². The number of aromatic nitrogens is 4. The van der Waals surface area contributed by atoms with E-state index in [1.807, 2.05) is 6.92 Å². The van der Waals surface area contributed by atoms with Crippen LogP contribution in [0.3, 0.4) is 0 Å². The number of hydrogen-bond acceptors (Lipinski definition) is 5. The fraction of sp³-hybridized carbons (Fsp3) is 0.250. The fourth-order valence-electron chi connectivity index (χ4n) is 2.47. The van der Waals surface area contributed by atoms with Gasteiger partial charge in [0.1, 0.15) is 17.1 Å². The van der Waals surface area contributed by atoms with Gasteiger partial charge in [-0.05, 0) is 19.1 Å². The van der Waals surface area contributed by atoms with Crippen LogP contribution in [0.15, 0.2) is 35.2 Å². The van der Waals surface area contributed by atoms with E-state index in [0.717, 1.165) is 0 Å². The molecular formula is C16H17ClN6O3. The first-order chi connectivity index (χ1) is 12.5. The molecule has 0 aliphatic carbocycles. The van der Waals surface area contributed by atoms with E-state index in [4.69, 9.17) is 16.0 Å². The minimum absolute atomic E-state index is 0.212. The van der Waals surface area contributed by atoms with Gasteiger partial charge in [-0.3, -0.25) is 19.0 Å². The van der Waals surface area contributed by atoms with Crippen LogP contribution in [-0.2, 0) is 20.1 Å². The molecule has 136 valence electrons. The Labute approximate surface area is 153 Å². The molecule has 0 bridgehead atoms. The predicted molar refractivity (Wildman–Crippen MR) is 94.0 cm³/mol. The number of rotatable bonds is 6. The van der Waals surface area contributed by atoms with Crippen LogP contribution in [0.2, 0.25) is 5.02 Å². The minimum atomic E-state index is -0.470. The highest BCUT2D eigenvalue weighted by molar-refractivity contribution is 6.34. The van der Waals surface area contributed by atoms with E-state index in [1.54, 1.807) is 19.2 Å². The number of carbonyl (C=O) groups excluding carboxylic acids is 2. The summed E-state index contributed by atoms with van der Waals surface area (Å²) in [5, 5.41) is 13.7. The van der Waals surface area contributed by atoms with Crippen molar-refractivity contribution < 1.29 is 14.0 Å². The lowest BCUT2D eigenvalue weighted by Gasteiger charge is -2.09. The highest BCUT2D eigenvalue weighted by Crippen LogP contribution is 2.20. The third-order valence-electron chi connectivity index (χ3n) is 3.71. The number of hydrogen-bond donors (Lipinski definition) is 2. The summed E-state index contributed by atoms with van der Waals surface area (Å²) in [7, 11) is 1.61. The maximum absolute atomic E-state index is 12.6. The van der Waals surface area contributed by atoms with Gasteiger partial charge in [-0.1, -0.05) is 11.6 Å². The van der Waals surface area contributed by atoms with Crippen molar-refractivity contribution >= 4 is 29.1 Å². The molecule has 0 unspecified atom stereocenters. The highest BCUT2D eigenvalue weighted by atomic mass is 35.5. The summed E-state index contributed by atoms with van der Waals surface area (Å²) in [5.41, 5.74) is 0.706. The van der Waals surface area contributed by atoms with Crippen molar-refractivity contribution in [3.05, 3.63) is 53.0 Å². The van der Waals surface area contributed by atoms with Crippen LogP contribution in [0.25, 0.3) is 0 Å². The fourth-order valence-corrected chi connectivity index (χ4v) is 2.70. The van der Waals surface area contributed by atoms with E-state index in [0.29, 0.717) is 12.3 Å². The zero-order valence-corrected chi connectivity index (χ0v) is 14.9. The van der Waals surface area contributed by atoms with Crippen LogP contribution >= 0.6 is 11.6 Å². The van der Waals surface area contributed by atoms with Crippen molar-refractivity contribution in [2.75, 3.05) is 5.32 Å². The van der Waals surface area contributed by atoms with E-state index in [1.165, 1.54) is 28.0 Å². The van der Waals surface area contributed by atoms with E-state index in [9.17, 15) is 9.59 Å². The van der Waals surface area contributed by atoms with Crippen LogP contribution in [0.4, 0.5) is 5.69 Å². The SMILES string of the molecule is CCn1ncc(Cl)c1C(=O)Nc1cnn(C)c1C(=O)NCc1ccco1. The molecule has 0 saturated carbocycles. The summed E-state index contributed by atoms with van der Waals surface area (Å²) < 4.78 is 8.04. The lowest BCUT2D eigenvalue weighted by atomic mass is 10.3. The molecular weight excluding hydrogens is 360 g/mol. The van der Waals surface area contributed by atoms with E-state index < -0.39 is 11.8 Å². The van der Waals surface area contributed by atoms with Gasteiger partial charge in [-0.15, -0.1) is 0 Å². The summed E-state index contributed by atoms with van der Waals surface area (Å²) in [6.07, 6.45) is 4.33. The van der Waals surface area contributed by atoms with Gasteiger partial charge in [-0.2, -0.15) is 10.2 Å². The molecule has 0 radical (unpaired) electrons. The lowest BCUT2D eigenvalue weighted by Crippen LogP contribution is -2.27. The first-order valence-corrected chi connectivity index (χ1v) is 8.24. The standard InChI is InChI=1S/C16H17ClN6O3/c1-3-23-13(11(17)8-20-23)16(25)21-12-9-19-22(2)14(12)15(24)18-7-10-5-4-6-26-10/h4-6,8-9H,3,7H2,1-2H3,(H,18,24)(H,21,25). The maximum atomic E-state index is 12.6. The number of amides is 2. The molecule has 0 aliphatic heterocycles. The molecule has 0 saturated heterocycles. The number of furan rings is 1. The van der Waals surface area contributed by atoms with E-state index in [-0.39, 0.29) is 28.6 Å². The Morgan fingerprint density at radius 3 is 2.73 bits per heavy atom. The second-order valence-electron chi connectivity index (χ2n) is 5.40. The Morgan fingerprint density at radius 2 is 2.04 bits per heavy atom. The molecule has 3 heterocycles. The number of anilines is 1. The van der Waals surface area contributed by atoms with Crippen molar-refractivity contribution in [3.8, 4) is 0 Å². The van der Waals surface area contributed by atoms with Crippen LogP contribution in [0.5, 0.6) is 0 Å². The van der Waals surface area contributed by atoms with Crippen molar-refractivity contribution in [2.45, 2.75) is 20.0 Å². The summed E-state index contributed by atoms with van der Waals surface area (Å²) in [6.45, 7) is 2.55. The summed E-state index contributed by atoms with van der Waals surface area (Å²) in [5.74, 6) is -0.251. The number of nitrogens with zero attached hydrogens (tertiary/aromatic N) is 4. The van der Waals surface area contributed by atoms with Gasteiger partial charge in [0.15, 0.2) is 0 Å². The molecule has 26 heavy (non-hydrogen) atoms. The van der Waals surface area contributed by atoms with Crippen LogP contribution < -0.4 is 10.6 Å². The summed E-state index contributed by atoms with van der Waals surface area (Å²) in [4.78, 5) is 25.1. The largest absolute Gasteiger partial charge is 0.467 e. The molecule has 2 N–H and O–H groups in total. The van der Waals surface area contributed by atoms with Crippen molar-refractivity contribution in [1.82, 2.24) is 24.9 Å². The third kappa shape index (κ3) is 3.47. The summed E-state index contributed by atoms with van der Waals surface area (Å²) in [6, 6.07) is 3.48. The highest BCUT2D eigenvalue weighted by Gasteiger charge is 2.22. The van der Waals surface area contributed by atoms with E-state index >= 15 is 0 Å². The predicted octanol–water partition coefficient (Wildman–Crippen LogP) is 2.07. The molecule has 0 spiro atoms. The minimum Gasteiger partial charge on any atom is -0.467 e. The molecule has 0 aliphatic rings. The topological polar surface area (TPSA) is 107 Å². The molecule has 0 atom stereocenters. The molecule has 10 heteroatoms. The third-order valence-corrected chi connectivity index (χ3v) is 3.99. The molecule has 9 nitrogen and oxygen atoms in total. The number of halogens is 1. The molecule has 3 aromatic rings. The number of aryl methyl sites for hydroxylation is 2. The zero-order chi connectivity index (χ0) is 18.7. The van der Waals surface area contributed by atoms with Gasteiger partial charge < -0.3 is 15.1 Å². The lowest BCUT2D eigenvalue weighted by molar-refractivity contribution is 0.0939. The molecule has 0 aromatic carbocycles. The van der Waals surface area contributed by atoms with Crippen molar-refractivity contribution in [1.29, 1.82) is 0 Å². The Balaban J connectivity index is 1.78. The average Bonchev–Trinajstić information content (AvgIpc) is 3.33. The van der Waals surface area contributed by atoms with Gasteiger partial charge in [0.2, 0.25) is 0 Å². The second-order valence-corrected chi connectivity index (χ2v) is 5.81. The van der Waals surface area contributed by atoms with Crippen LogP contribution in [0, 0.1) is 0 Å². The van der Waals surface area contributed by atoms with Gasteiger partial charge >= 0.3 is 0 Å². The van der Waals surface area contributed by atoms with Gasteiger partial charge in [-0.25, -0.2) is 0 Å². The molecule has 0 fully saturated rings. The monoisotopic (exact) mass is 376 g/mol. The molecule has 3 rings (SSSR count).